The van der Waals surface area contributed by atoms with Crippen LogP contribution in [0.2, 0.25) is 10.0 Å². The first-order valence-corrected chi connectivity index (χ1v) is 11.5. The number of rotatable bonds is 5. The number of carbonyl (C=O) groups is 2. The fourth-order valence-electron chi connectivity index (χ4n) is 4.37. The number of nitrogens with zero attached hydrogens (tertiary/aromatic N) is 1. The number of aryl methyl sites for hydroxylation is 2. The summed E-state index contributed by atoms with van der Waals surface area (Å²) >= 11 is 12.5. The summed E-state index contributed by atoms with van der Waals surface area (Å²) in [6.45, 7) is 3.81. The van der Waals surface area contributed by atoms with Gasteiger partial charge in [-0.2, -0.15) is 0 Å². The number of amides is 1. The van der Waals surface area contributed by atoms with E-state index in [2.05, 4.69) is 0 Å². The minimum atomic E-state index is -0.936. The molecule has 3 aromatic carbocycles. The molecule has 3 aromatic rings. The van der Waals surface area contributed by atoms with Gasteiger partial charge in [-0.25, -0.2) is 0 Å². The SMILES string of the molecule is COc1cccc(C2/C(=C(\O)c3cc(Cl)cc(Cl)c3OC)C(=O)C(=O)N2c2ccc(C)cc2C)c1. The molecule has 1 aliphatic heterocycles. The van der Waals surface area contributed by atoms with E-state index in [4.69, 9.17) is 32.7 Å². The van der Waals surface area contributed by atoms with Crippen LogP contribution in [0.1, 0.15) is 28.3 Å². The average Bonchev–Trinajstić information content (AvgIpc) is 3.08. The highest BCUT2D eigenvalue weighted by Crippen LogP contribution is 2.46. The molecule has 0 bridgehead atoms. The molecule has 0 spiro atoms. The number of ketones is 1. The molecule has 1 saturated heterocycles. The van der Waals surface area contributed by atoms with Crippen molar-refractivity contribution in [1.29, 1.82) is 0 Å². The molecular formula is C27H23Cl2NO5. The number of aliphatic hydroxyl groups excluding tert-OH is 1. The van der Waals surface area contributed by atoms with Crippen molar-refractivity contribution < 1.29 is 24.2 Å². The first kappa shape index (κ1) is 24.6. The molecule has 180 valence electrons. The zero-order chi connectivity index (χ0) is 25.4. The van der Waals surface area contributed by atoms with Gasteiger partial charge in [0.15, 0.2) is 0 Å². The van der Waals surface area contributed by atoms with E-state index in [1.165, 1.54) is 31.3 Å². The molecule has 1 unspecified atom stereocenters. The molecule has 1 aliphatic rings. The largest absolute Gasteiger partial charge is 0.507 e. The van der Waals surface area contributed by atoms with Gasteiger partial charge in [-0.15, -0.1) is 0 Å². The van der Waals surface area contributed by atoms with E-state index in [0.717, 1.165) is 11.1 Å². The van der Waals surface area contributed by atoms with Gasteiger partial charge >= 0.3 is 0 Å². The summed E-state index contributed by atoms with van der Waals surface area (Å²) in [4.78, 5) is 28.3. The van der Waals surface area contributed by atoms with Crippen LogP contribution in [-0.4, -0.2) is 31.0 Å². The Morgan fingerprint density at radius 3 is 2.37 bits per heavy atom. The van der Waals surface area contributed by atoms with Crippen LogP contribution in [-0.2, 0) is 9.59 Å². The van der Waals surface area contributed by atoms with Gasteiger partial charge < -0.3 is 14.6 Å². The Labute approximate surface area is 213 Å². The third-order valence-electron chi connectivity index (χ3n) is 5.93. The van der Waals surface area contributed by atoms with Gasteiger partial charge in [0.25, 0.3) is 11.7 Å². The summed E-state index contributed by atoms with van der Waals surface area (Å²) in [7, 11) is 2.92. The molecule has 6 nitrogen and oxygen atoms in total. The number of benzene rings is 3. The number of Topliss-reactive ketones (excluding diaryl/α,β-unsaturated/α-hetero) is 1. The van der Waals surface area contributed by atoms with E-state index in [1.807, 2.05) is 26.0 Å². The third kappa shape index (κ3) is 4.35. The molecule has 0 radical (unpaired) electrons. The Balaban J connectivity index is 2.04. The van der Waals surface area contributed by atoms with Crippen LogP contribution >= 0.6 is 23.2 Å². The van der Waals surface area contributed by atoms with E-state index in [1.54, 1.807) is 30.3 Å². The molecule has 1 fully saturated rings. The quantitative estimate of drug-likeness (QED) is 0.248. The zero-order valence-electron chi connectivity index (χ0n) is 19.6. The number of methoxy groups -OCH3 is 2. The molecule has 0 aromatic heterocycles. The third-order valence-corrected chi connectivity index (χ3v) is 6.43. The molecule has 0 saturated carbocycles. The lowest BCUT2D eigenvalue weighted by Crippen LogP contribution is -2.30. The fraction of sp³-hybridized carbons (Fsp3) is 0.185. The van der Waals surface area contributed by atoms with Crippen LogP contribution < -0.4 is 14.4 Å². The molecule has 0 aliphatic carbocycles. The monoisotopic (exact) mass is 511 g/mol. The van der Waals surface area contributed by atoms with Crippen molar-refractivity contribution in [3.8, 4) is 11.5 Å². The summed E-state index contributed by atoms with van der Waals surface area (Å²) in [6, 6.07) is 14.6. The topological polar surface area (TPSA) is 76.1 Å². The molecule has 1 atom stereocenters. The molecule has 4 rings (SSSR count). The van der Waals surface area contributed by atoms with Gasteiger partial charge in [0.05, 0.1) is 36.4 Å². The maximum atomic E-state index is 13.4. The van der Waals surface area contributed by atoms with Crippen LogP contribution in [0.15, 0.2) is 60.2 Å². The van der Waals surface area contributed by atoms with Crippen LogP contribution in [0.3, 0.4) is 0 Å². The zero-order valence-corrected chi connectivity index (χ0v) is 21.1. The van der Waals surface area contributed by atoms with E-state index in [-0.39, 0.29) is 26.9 Å². The lowest BCUT2D eigenvalue weighted by Gasteiger charge is -2.27. The Hall–Kier alpha value is -3.48. The van der Waals surface area contributed by atoms with Gasteiger partial charge in [0.1, 0.15) is 17.3 Å². The second-order valence-corrected chi connectivity index (χ2v) is 9.05. The number of carbonyl (C=O) groups excluding carboxylic acids is 2. The van der Waals surface area contributed by atoms with Crippen LogP contribution in [0.25, 0.3) is 5.76 Å². The summed E-state index contributed by atoms with van der Waals surface area (Å²) < 4.78 is 10.8. The van der Waals surface area contributed by atoms with Crippen molar-refractivity contribution in [3.63, 3.8) is 0 Å². The Kier molecular flexibility index (Phi) is 6.79. The number of halogens is 2. The highest BCUT2D eigenvalue weighted by atomic mass is 35.5. The number of aliphatic hydroxyl groups is 1. The van der Waals surface area contributed by atoms with E-state index >= 15 is 0 Å². The maximum Gasteiger partial charge on any atom is 0.300 e. The molecule has 1 N–H and O–H groups in total. The summed E-state index contributed by atoms with van der Waals surface area (Å²) in [6.07, 6.45) is 0. The Bertz CT molecular complexity index is 1380. The van der Waals surface area contributed by atoms with Gasteiger partial charge in [-0.1, -0.05) is 53.0 Å². The summed E-state index contributed by atoms with van der Waals surface area (Å²) in [5.74, 6) is -1.37. The van der Waals surface area contributed by atoms with Gasteiger partial charge in [-0.05, 0) is 55.3 Å². The molecule has 8 heteroatoms. The molecular weight excluding hydrogens is 489 g/mol. The Morgan fingerprint density at radius 2 is 1.71 bits per heavy atom. The minimum Gasteiger partial charge on any atom is -0.507 e. The number of hydrogen-bond acceptors (Lipinski definition) is 5. The van der Waals surface area contributed by atoms with Crippen LogP contribution in [0, 0.1) is 13.8 Å². The van der Waals surface area contributed by atoms with Gasteiger partial charge in [0, 0.05) is 10.7 Å². The number of anilines is 1. The first-order valence-electron chi connectivity index (χ1n) is 10.7. The lowest BCUT2D eigenvalue weighted by molar-refractivity contribution is -0.132. The fourth-order valence-corrected chi connectivity index (χ4v) is 4.94. The van der Waals surface area contributed by atoms with E-state index in [9.17, 15) is 14.7 Å². The maximum absolute atomic E-state index is 13.4. The van der Waals surface area contributed by atoms with Gasteiger partial charge in [-0.3, -0.25) is 14.5 Å². The van der Waals surface area contributed by atoms with Crippen molar-refractivity contribution in [1.82, 2.24) is 0 Å². The smallest absolute Gasteiger partial charge is 0.300 e. The minimum absolute atomic E-state index is 0.108. The summed E-state index contributed by atoms with van der Waals surface area (Å²) in [5, 5.41) is 11.8. The predicted octanol–water partition coefficient (Wildman–Crippen LogP) is 6.25. The van der Waals surface area contributed by atoms with Gasteiger partial charge in [0.2, 0.25) is 0 Å². The lowest BCUT2D eigenvalue weighted by atomic mass is 9.94. The van der Waals surface area contributed by atoms with Crippen LogP contribution in [0.4, 0.5) is 5.69 Å². The standard InChI is InChI=1S/C27H23Cl2NO5/c1-14-8-9-21(15(2)10-14)30-23(16-6-5-7-18(11-16)34-3)22(25(32)27(30)33)24(31)19-12-17(28)13-20(29)26(19)35-4/h5-13,23,31H,1-4H3/b24-22+. The van der Waals surface area contributed by atoms with Crippen molar-refractivity contribution >= 4 is 46.3 Å². The number of ether oxygens (including phenoxy) is 2. The summed E-state index contributed by atoms with van der Waals surface area (Å²) in [5.41, 5.74) is 2.96. The number of hydrogen-bond donors (Lipinski definition) is 1. The second kappa shape index (κ2) is 9.64. The Morgan fingerprint density at radius 1 is 0.971 bits per heavy atom. The molecule has 35 heavy (non-hydrogen) atoms. The van der Waals surface area contributed by atoms with Crippen LogP contribution in [0.5, 0.6) is 11.5 Å². The van der Waals surface area contributed by atoms with Crippen molar-refractivity contribution in [2.24, 2.45) is 0 Å². The highest BCUT2D eigenvalue weighted by Gasteiger charge is 2.47. The highest BCUT2D eigenvalue weighted by molar-refractivity contribution is 6.52. The van der Waals surface area contributed by atoms with E-state index < -0.39 is 23.5 Å². The average molecular weight is 512 g/mol. The normalized spacial score (nSPS) is 17.1. The first-order chi connectivity index (χ1) is 16.7. The second-order valence-electron chi connectivity index (χ2n) is 8.20. The molecule has 1 amide bonds. The van der Waals surface area contributed by atoms with Crippen molar-refractivity contribution in [2.45, 2.75) is 19.9 Å². The van der Waals surface area contributed by atoms with Crippen molar-refractivity contribution in [3.05, 3.63) is 92.5 Å². The van der Waals surface area contributed by atoms with E-state index in [0.29, 0.717) is 17.0 Å². The van der Waals surface area contributed by atoms with Crippen molar-refractivity contribution in [2.75, 3.05) is 19.1 Å². The predicted molar refractivity (Wildman–Crippen MR) is 137 cm³/mol. The molecule has 1 heterocycles.